The number of rotatable bonds is 4. The lowest BCUT2D eigenvalue weighted by atomic mass is 9.96. The van der Waals surface area contributed by atoms with Gasteiger partial charge in [0.2, 0.25) is 11.8 Å². The second kappa shape index (κ2) is 7.63. The first-order valence-electron chi connectivity index (χ1n) is 9.57. The number of carbonyl (C=O) groups is 2. The topological polar surface area (TPSA) is 119 Å². The molecule has 1 aromatic carbocycles. The second-order valence-electron chi connectivity index (χ2n) is 7.43. The first-order chi connectivity index (χ1) is 13.9. The molecule has 1 aliphatic rings. The van der Waals surface area contributed by atoms with Crippen molar-refractivity contribution in [2.45, 2.75) is 19.8 Å². The average Bonchev–Trinajstić information content (AvgIpc) is 2.68. The van der Waals surface area contributed by atoms with Crippen molar-refractivity contribution < 1.29 is 14.0 Å². The van der Waals surface area contributed by atoms with Gasteiger partial charge < -0.3 is 15.5 Å². The Morgan fingerprint density at radius 1 is 1.28 bits per heavy atom. The van der Waals surface area contributed by atoms with Crippen LogP contribution in [-0.4, -0.2) is 41.3 Å². The Labute approximate surface area is 166 Å². The Balaban J connectivity index is 1.55. The zero-order chi connectivity index (χ0) is 20.5. The van der Waals surface area contributed by atoms with Crippen LogP contribution in [0.1, 0.15) is 18.4 Å². The van der Waals surface area contributed by atoms with E-state index in [1.807, 2.05) is 17.0 Å². The summed E-state index contributed by atoms with van der Waals surface area (Å²) in [4.78, 5) is 42.6. The number of piperidine rings is 1. The van der Waals surface area contributed by atoms with E-state index >= 15 is 0 Å². The highest BCUT2D eigenvalue weighted by atomic mass is 16.4. The van der Waals surface area contributed by atoms with Crippen LogP contribution in [0.2, 0.25) is 0 Å². The molecule has 8 heteroatoms. The molecule has 2 amide bonds. The van der Waals surface area contributed by atoms with Gasteiger partial charge in [-0.05, 0) is 56.6 Å². The molecule has 2 aromatic heterocycles. The van der Waals surface area contributed by atoms with Gasteiger partial charge in [0.15, 0.2) is 0 Å². The number of nitrogens with one attached hydrogen (secondary N) is 1. The van der Waals surface area contributed by atoms with Crippen LogP contribution in [0.15, 0.2) is 39.5 Å². The summed E-state index contributed by atoms with van der Waals surface area (Å²) < 4.78 is 5.38. The number of aromatic nitrogens is 1. The van der Waals surface area contributed by atoms with Crippen molar-refractivity contribution >= 4 is 39.5 Å². The summed E-state index contributed by atoms with van der Waals surface area (Å²) in [5, 5.41) is 3.95. The molecule has 0 spiro atoms. The number of benzene rings is 1. The number of para-hydroxylation sites is 1. The molecule has 0 aliphatic carbocycles. The summed E-state index contributed by atoms with van der Waals surface area (Å²) >= 11 is 0. The highest BCUT2D eigenvalue weighted by Gasteiger charge is 2.24. The number of aryl methyl sites for hydroxylation is 1. The Morgan fingerprint density at radius 2 is 2.00 bits per heavy atom. The quantitative estimate of drug-likeness (QED) is 0.514. The normalized spacial score (nSPS) is 15.6. The number of hydrogen-bond donors (Lipinski definition) is 2. The standard InChI is InChI=1S/C21H22N4O4/c1-12-10-16(23-17(26)11-25-8-6-13(7-9-25)20(22)27)24-19-14-4-2-3-5-15(14)29-21(28)18(12)19/h2-5,10,13H,6-9,11H2,1H3,(H2,22,27)(H,23,24,26). The van der Waals surface area contributed by atoms with Crippen LogP contribution in [0.25, 0.3) is 21.9 Å². The van der Waals surface area contributed by atoms with Crippen molar-refractivity contribution in [3.8, 4) is 0 Å². The smallest absolute Gasteiger partial charge is 0.346 e. The summed E-state index contributed by atoms with van der Waals surface area (Å²) in [7, 11) is 0. The first kappa shape index (κ1) is 19.1. The highest BCUT2D eigenvalue weighted by Crippen LogP contribution is 2.25. The van der Waals surface area contributed by atoms with Gasteiger partial charge in [0.1, 0.15) is 11.4 Å². The van der Waals surface area contributed by atoms with E-state index in [4.69, 9.17) is 10.2 Å². The SMILES string of the molecule is Cc1cc(NC(=O)CN2CCC(C(N)=O)CC2)nc2c1c(=O)oc1ccccc12. The Bertz CT molecular complexity index is 1160. The van der Waals surface area contributed by atoms with E-state index < -0.39 is 5.63 Å². The Kier molecular flexibility index (Phi) is 5.02. The van der Waals surface area contributed by atoms with E-state index in [0.29, 0.717) is 53.8 Å². The Morgan fingerprint density at radius 3 is 2.72 bits per heavy atom. The summed E-state index contributed by atoms with van der Waals surface area (Å²) in [5.41, 5.74) is 6.56. The summed E-state index contributed by atoms with van der Waals surface area (Å²) in [6.07, 6.45) is 1.33. The number of nitrogens with two attached hydrogens (primary N) is 1. The fraction of sp³-hybridized carbons (Fsp3) is 0.333. The number of fused-ring (bicyclic) bond motifs is 3. The van der Waals surface area contributed by atoms with Crippen LogP contribution in [0.3, 0.4) is 0 Å². The minimum absolute atomic E-state index is 0.112. The van der Waals surface area contributed by atoms with Crippen LogP contribution in [0, 0.1) is 12.8 Å². The van der Waals surface area contributed by atoms with E-state index in [2.05, 4.69) is 10.3 Å². The maximum atomic E-state index is 12.5. The number of anilines is 1. The summed E-state index contributed by atoms with van der Waals surface area (Å²) in [6, 6.07) is 8.86. The van der Waals surface area contributed by atoms with E-state index in [9.17, 15) is 14.4 Å². The lowest BCUT2D eigenvalue weighted by Crippen LogP contribution is -2.42. The second-order valence-corrected chi connectivity index (χ2v) is 7.43. The Hall–Kier alpha value is -3.26. The summed E-state index contributed by atoms with van der Waals surface area (Å²) in [5.74, 6) is -0.190. The molecule has 0 saturated carbocycles. The first-order valence-corrected chi connectivity index (χ1v) is 9.57. The van der Waals surface area contributed by atoms with Crippen molar-refractivity contribution in [2.24, 2.45) is 11.7 Å². The maximum absolute atomic E-state index is 12.5. The zero-order valence-electron chi connectivity index (χ0n) is 16.1. The van der Waals surface area contributed by atoms with E-state index in [-0.39, 0.29) is 24.3 Å². The molecule has 0 bridgehead atoms. The van der Waals surface area contributed by atoms with Gasteiger partial charge in [-0.25, -0.2) is 9.78 Å². The molecule has 4 rings (SSSR count). The van der Waals surface area contributed by atoms with Crippen molar-refractivity contribution in [3.63, 3.8) is 0 Å². The minimum Gasteiger partial charge on any atom is -0.422 e. The molecular formula is C21H22N4O4. The van der Waals surface area contributed by atoms with E-state index in [0.717, 1.165) is 5.39 Å². The minimum atomic E-state index is -0.445. The number of amides is 2. The predicted molar refractivity (Wildman–Crippen MR) is 110 cm³/mol. The van der Waals surface area contributed by atoms with Crippen LogP contribution in [0.5, 0.6) is 0 Å². The third-order valence-corrected chi connectivity index (χ3v) is 5.39. The number of carbonyl (C=O) groups excluding carboxylic acids is 2. The third-order valence-electron chi connectivity index (χ3n) is 5.39. The molecule has 0 radical (unpaired) electrons. The molecule has 1 aliphatic heterocycles. The molecule has 3 N–H and O–H groups in total. The number of nitrogens with zero attached hydrogens (tertiary/aromatic N) is 2. The summed E-state index contributed by atoms with van der Waals surface area (Å²) in [6.45, 7) is 3.30. The maximum Gasteiger partial charge on any atom is 0.346 e. The largest absolute Gasteiger partial charge is 0.422 e. The predicted octanol–water partition coefficient (Wildman–Crippen LogP) is 1.79. The van der Waals surface area contributed by atoms with Crippen molar-refractivity contribution in [1.82, 2.24) is 9.88 Å². The molecule has 0 atom stereocenters. The zero-order valence-corrected chi connectivity index (χ0v) is 16.1. The molecule has 29 heavy (non-hydrogen) atoms. The molecule has 0 unspecified atom stereocenters. The molecule has 150 valence electrons. The number of likely N-dealkylation sites (tertiary alicyclic amines) is 1. The van der Waals surface area contributed by atoms with E-state index in [1.54, 1.807) is 25.1 Å². The number of hydrogen-bond acceptors (Lipinski definition) is 6. The van der Waals surface area contributed by atoms with Crippen LogP contribution >= 0.6 is 0 Å². The van der Waals surface area contributed by atoms with E-state index in [1.165, 1.54) is 0 Å². The van der Waals surface area contributed by atoms with Crippen molar-refractivity contribution in [1.29, 1.82) is 0 Å². The van der Waals surface area contributed by atoms with Gasteiger partial charge in [0, 0.05) is 11.3 Å². The van der Waals surface area contributed by atoms with Crippen molar-refractivity contribution in [2.75, 3.05) is 25.0 Å². The fourth-order valence-corrected chi connectivity index (χ4v) is 3.85. The van der Waals surface area contributed by atoms with Crippen LogP contribution in [0.4, 0.5) is 5.82 Å². The molecule has 1 fully saturated rings. The fourth-order valence-electron chi connectivity index (χ4n) is 3.85. The van der Waals surface area contributed by atoms with Crippen molar-refractivity contribution in [3.05, 3.63) is 46.3 Å². The van der Waals surface area contributed by atoms with Gasteiger partial charge in [-0.15, -0.1) is 0 Å². The lowest BCUT2D eigenvalue weighted by Gasteiger charge is -2.29. The van der Waals surface area contributed by atoms with Crippen LogP contribution in [-0.2, 0) is 9.59 Å². The number of primary amides is 1. The molecular weight excluding hydrogens is 372 g/mol. The molecule has 3 heterocycles. The molecule has 8 nitrogen and oxygen atoms in total. The van der Waals surface area contributed by atoms with Crippen LogP contribution < -0.4 is 16.7 Å². The molecule has 3 aromatic rings. The molecule has 1 saturated heterocycles. The van der Waals surface area contributed by atoms with Gasteiger partial charge in [0.25, 0.3) is 0 Å². The van der Waals surface area contributed by atoms with Gasteiger partial charge in [-0.2, -0.15) is 0 Å². The highest BCUT2D eigenvalue weighted by molar-refractivity contribution is 6.04. The monoisotopic (exact) mass is 394 g/mol. The number of pyridine rings is 1. The van der Waals surface area contributed by atoms with Gasteiger partial charge in [0.05, 0.1) is 17.4 Å². The van der Waals surface area contributed by atoms with Gasteiger partial charge in [-0.1, -0.05) is 12.1 Å². The van der Waals surface area contributed by atoms with Gasteiger partial charge in [-0.3, -0.25) is 14.5 Å². The average molecular weight is 394 g/mol. The van der Waals surface area contributed by atoms with Gasteiger partial charge >= 0.3 is 5.63 Å². The third kappa shape index (κ3) is 3.84. The lowest BCUT2D eigenvalue weighted by molar-refractivity contribution is -0.123.